The lowest BCUT2D eigenvalue weighted by molar-refractivity contribution is 0.415. The van der Waals surface area contributed by atoms with Gasteiger partial charge in [0.25, 0.3) is 0 Å². The van der Waals surface area contributed by atoms with Gasteiger partial charge in [0.2, 0.25) is 0 Å². The Kier molecular flexibility index (Phi) is 3.29. The fourth-order valence-corrected chi connectivity index (χ4v) is 2.53. The van der Waals surface area contributed by atoms with Gasteiger partial charge in [-0.25, -0.2) is 4.98 Å². The molecule has 0 saturated heterocycles. The lowest BCUT2D eigenvalue weighted by atomic mass is 10.1. The molecule has 21 heavy (non-hydrogen) atoms. The van der Waals surface area contributed by atoms with Crippen molar-refractivity contribution >= 4 is 11.0 Å². The van der Waals surface area contributed by atoms with E-state index in [0.29, 0.717) is 5.75 Å². The average molecular weight is 282 g/mol. The van der Waals surface area contributed by atoms with Crippen molar-refractivity contribution in [2.24, 2.45) is 0 Å². The summed E-state index contributed by atoms with van der Waals surface area (Å²) < 4.78 is 7.39. The molecule has 0 unspecified atom stereocenters. The Bertz CT molecular complexity index is 806. The van der Waals surface area contributed by atoms with Crippen LogP contribution in [-0.4, -0.2) is 21.8 Å². The van der Waals surface area contributed by atoms with Crippen molar-refractivity contribution in [1.29, 1.82) is 0 Å². The molecular weight excluding hydrogens is 264 g/mol. The average Bonchev–Trinajstić information content (AvgIpc) is 2.87. The van der Waals surface area contributed by atoms with Crippen molar-refractivity contribution in [1.82, 2.24) is 9.55 Å². The number of benzene rings is 2. The van der Waals surface area contributed by atoms with Crippen LogP contribution in [0.1, 0.15) is 12.5 Å². The van der Waals surface area contributed by atoms with Gasteiger partial charge in [-0.05, 0) is 37.6 Å². The largest absolute Gasteiger partial charge is 0.508 e. The van der Waals surface area contributed by atoms with Crippen LogP contribution in [0, 0.1) is 6.92 Å². The first-order valence-corrected chi connectivity index (χ1v) is 6.98. The van der Waals surface area contributed by atoms with Crippen LogP contribution in [-0.2, 0) is 6.54 Å². The van der Waals surface area contributed by atoms with E-state index in [2.05, 4.69) is 11.5 Å². The molecule has 1 heterocycles. The third-order valence-corrected chi connectivity index (χ3v) is 3.74. The predicted molar refractivity (Wildman–Crippen MR) is 83.8 cm³/mol. The lowest BCUT2D eigenvalue weighted by Gasteiger charge is -2.07. The predicted octanol–water partition coefficient (Wildman–Crippen LogP) is 3.75. The first-order valence-electron chi connectivity index (χ1n) is 6.98. The van der Waals surface area contributed by atoms with Gasteiger partial charge in [-0.3, -0.25) is 0 Å². The molecule has 4 heteroatoms. The Balaban J connectivity index is 2.23. The highest BCUT2D eigenvalue weighted by atomic mass is 16.5. The van der Waals surface area contributed by atoms with Gasteiger partial charge in [0.15, 0.2) is 0 Å². The van der Waals surface area contributed by atoms with Crippen LogP contribution in [0.4, 0.5) is 0 Å². The summed E-state index contributed by atoms with van der Waals surface area (Å²) in [5.41, 5.74) is 3.73. The minimum atomic E-state index is 0.291. The van der Waals surface area contributed by atoms with Crippen LogP contribution in [0.25, 0.3) is 22.4 Å². The minimum absolute atomic E-state index is 0.291. The number of phenolic OH excluding ortho intramolecular Hbond substituents is 1. The number of fused-ring (bicyclic) bond motifs is 1. The summed E-state index contributed by atoms with van der Waals surface area (Å²) >= 11 is 0. The second-order valence-corrected chi connectivity index (χ2v) is 5.04. The number of imidazole rings is 1. The normalized spacial score (nSPS) is 11.0. The fourth-order valence-electron chi connectivity index (χ4n) is 2.53. The molecule has 0 saturated carbocycles. The molecule has 0 atom stereocenters. The van der Waals surface area contributed by atoms with Crippen molar-refractivity contribution in [3.8, 4) is 22.9 Å². The molecule has 3 aromatic rings. The first-order chi connectivity index (χ1) is 10.1. The van der Waals surface area contributed by atoms with Crippen LogP contribution in [0.2, 0.25) is 0 Å². The van der Waals surface area contributed by atoms with E-state index in [1.54, 1.807) is 13.2 Å². The molecule has 0 aliphatic carbocycles. The molecule has 0 radical (unpaired) electrons. The number of nitrogens with zero attached hydrogens (tertiary/aromatic N) is 2. The molecule has 4 nitrogen and oxygen atoms in total. The van der Waals surface area contributed by atoms with Crippen LogP contribution < -0.4 is 4.74 Å². The van der Waals surface area contributed by atoms with Gasteiger partial charge in [-0.1, -0.05) is 12.1 Å². The second-order valence-electron chi connectivity index (χ2n) is 5.04. The number of aromatic hydroxyl groups is 1. The molecule has 0 amide bonds. The van der Waals surface area contributed by atoms with Crippen molar-refractivity contribution in [2.75, 3.05) is 7.11 Å². The summed E-state index contributed by atoms with van der Waals surface area (Å²) in [5.74, 6) is 1.94. The van der Waals surface area contributed by atoms with E-state index in [1.807, 2.05) is 37.3 Å². The molecule has 108 valence electrons. The zero-order valence-electron chi connectivity index (χ0n) is 12.4. The maximum absolute atomic E-state index is 9.93. The highest BCUT2D eigenvalue weighted by molar-refractivity contribution is 5.82. The molecular formula is C17H18N2O2. The van der Waals surface area contributed by atoms with Crippen LogP contribution >= 0.6 is 0 Å². The number of hydrogen-bond acceptors (Lipinski definition) is 3. The van der Waals surface area contributed by atoms with Gasteiger partial charge in [0.1, 0.15) is 17.3 Å². The molecule has 0 spiro atoms. The fraction of sp³-hybridized carbons (Fsp3) is 0.235. The number of rotatable bonds is 3. The zero-order chi connectivity index (χ0) is 15.0. The molecule has 3 rings (SSSR count). The number of aryl methyl sites for hydroxylation is 2. The van der Waals surface area contributed by atoms with Crippen molar-refractivity contribution in [3.05, 3.63) is 42.0 Å². The van der Waals surface area contributed by atoms with Crippen molar-refractivity contribution in [3.63, 3.8) is 0 Å². The summed E-state index contributed by atoms with van der Waals surface area (Å²) in [6.07, 6.45) is 0. The maximum atomic E-state index is 9.93. The molecule has 0 bridgehead atoms. The molecule has 0 fully saturated rings. The van der Waals surface area contributed by atoms with Crippen molar-refractivity contribution in [2.45, 2.75) is 20.4 Å². The van der Waals surface area contributed by atoms with Gasteiger partial charge in [-0.2, -0.15) is 0 Å². The molecule has 2 aromatic carbocycles. The monoisotopic (exact) mass is 282 g/mol. The van der Waals surface area contributed by atoms with E-state index in [4.69, 9.17) is 9.72 Å². The zero-order valence-corrected chi connectivity index (χ0v) is 12.4. The molecule has 1 N–H and O–H groups in total. The Labute approximate surface area is 123 Å². The summed E-state index contributed by atoms with van der Waals surface area (Å²) in [7, 11) is 1.65. The topological polar surface area (TPSA) is 47.3 Å². The van der Waals surface area contributed by atoms with E-state index in [-0.39, 0.29) is 0 Å². The van der Waals surface area contributed by atoms with Crippen LogP contribution in [0.3, 0.4) is 0 Å². The summed E-state index contributed by atoms with van der Waals surface area (Å²) in [6, 6.07) is 11.5. The summed E-state index contributed by atoms with van der Waals surface area (Å²) in [6.45, 7) is 4.78. The molecule has 0 aliphatic heterocycles. The van der Waals surface area contributed by atoms with E-state index < -0.39 is 0 Å². The summed E-state index contributed by atoms with van der Waals surface area (Å²) in [5, 5.41) is 9.93. The van der Waals surface area contributed by atoms with E-state index >= 15 is 0 Å². The Morgan fingerprint density at radius 1 is 1.19 bits per heavy atom. The first kappa shape index (κ1) is 13.5. The van der Waals surface area contributed by atoms with Gasteiger partial charge >= 0.3 is 0 Å². The standard InChI is InChI=1S/C17H18N2O2/c1-4-19-15-8-7-13(21-3)10-14(15)18-17(19)12-6-5-11(2)16(20)9-12/h5-10,20H,4H2,1-3H3. The maximum Gasteiger partial charge on any atom is 0.141 e. The Hall–Kier alpha value is -2.49. The van der Waals surface area contributed by atoms with Crippen LogP contribution in [0.15, 0.2) is 36.4 Å². The quantitative estimate of drug-likeness (QED) is 0.796. The number of hydrogen-bond donors (Lipinski definition) is 1. The van der Waals surface area contributed by atoms with Gasteiger partial charge in [0.05, 0.1) is 18.1 Å². The number of phenols is 1. The Morgan fingerprint density at radius 3 is 2.67 bits per heavy atom. The molecule has 1 aromatic heterocycles. The summed E-state index contributed by atoms with van der Waals surface area (Å²) in [4.78, 5) is 4.70. The SMILES string of the molecule is CCn1c(-c2ccc(C)c(O)c2)nc2cc(OC)ccc21. The third-order valence-electron chi connectivity index (χ3n) is 3.74. The number of ether oxygens (including phenoxy) is 1. The lowest BCUT2D eigenvalue weighted by Crippen LogP contribution is -1.97. The van der Waals surface area contributed by atoms with Crippen LogP contribution in [0.5, 0.6) is 11.5 Å². The van der Waals surface area contributed by atoms with E-state index in [9.17, 15) is 5.11 Å². The van der Waals surface area contributed by atoms with Gasteiger partial charge in [-0.15, -0.1) is 0 Å². The Morgan fingerprint density at radius 2 is 2.00 bits per heavy atom. The minimum Gasteiger partial charge on any atom is -0.508 e. The van der Waals surface area contributed by atoms with E-state index in [0.717, 1.165) is 40.3 Å². The number of aromatic nitrogens is 2. The third kappa shape index (κ3) is 2.23. The van der Waals surface area contributed by atoms with Gasteiger partial charge < -0.3 is 14.4 Å². The molecule has 0 aliphatic rings. The van der Waals surface area contributed by atoms with E-state index in [1.165, 1.54) is 0 Å². The second kappa shape index (κ2) is 5.13. The smallest absolute Gasteiger partial charge is 0.141 e. The van der Waals surface area contributed by atoms with Gasteiger partial charge in [0, 0.05) is 18.2 Å². The highest BCUT2D eigenvalue weighted by Crippen LogP contribution is 2.30. The highest BCUT2D eigenvalue weighted by Gasteiger charge is 2.13. The van der Waals surface area contributed by atoms with Crippen molar-refractivity contribution < 1.29 is 9.84 Å². The number of methoxy groups -OCH3 is 1.